The average Bonchev–Trinajstić information content (AvgIpc) is 3.18. The average molecular weight is 472 g/mol. The highest BCUT2D eigenvalue weighted by atomic mass is 16.2. The molecule has 3 aromatic rings. The van der Waals surface area contributed by atoms with Crippen molar-refractivity contribution in [1.29, 1.82) is 0 Å². The van der Waals surface area contributed by atoms with Gasteiger partial charge >= 0.3 is 0 Å². The Hall–Kier alpha value is -3.59. The highest BCUT2D eigenvalue weighted by Gasteiger charge is 2.34. The van der Waals surface area contributed by atoms with Crippen LogP contribution in [0.5, 0.6) is 0 Å². The fourth-order valence-corrected chi connectivity index (χ4v) is 5.37. The second-order valence-corrected chi connectivity index (χ2v) is 9.41. The number of amides is 1. The maximum atomic E-state index is 13.8. The molecule has 4 rings (SSSR count). The third-order valence-electron chi connectivity index (χ3n) is 7.31. The number of terminal acetylenes is 1. The van der Waals surface area contributed by atoms with Gasteiger partial charge in [-0.2, -0.15) is 0 Å². The van der Waals surface area contributed by atoms with Crippen LogP contribution >= 0.6 is 0 Å². The van der Waals surface area contributed by atoms with Crippen molar-refractivity contribution in [3.63, 3.8) is 0 Å². The monoisotopic (exact) mass is 471 g/mol. The van der Waals surface area contributed by atoms with Crippen LogP contribution in [0.1, 0.15) is 78.1 Å². The van der Waals surface area contributed by atoms with Gasteiger partial charge in [-0.05, 0) is 37.3 Å². The summed E-state index contributed by atoms with van der Waals surface area (Å²) in [7, 11) is 1.82. The molecular weight excluding hydrogens is 438 g/mol. The largest absolute Gasteiger partial charge is 0.339 e. The van der Waals surface area contributed by atoms with Gasteiger partial charge in [-0.15, -0.1) is 6.42 Å². The molecular formula is C29H33N3O3. The first-order chi connectivity index (χ1) is 16.9. The molecule has 2 aromatic heterocycles. The second-order valence-electron chi connectivity index (χ2n) is 9.41. The lowest BCUT2D eigenvalue weighted by atomic mass is 9.82. The summed E-state index contributed by atoms with van der Waals surface area (Å²) >= 11 is 0. The molecule has 0 unspecified atom stereocenters. The molecule has 1 aliphatic carbocycles. The van der Waals surface area contributed by atoms with E-state index in [4.69, 9.17) is 6.42 Å². The molecule has 0 spiro atoms. The number of fused-ring (bicyclic) bond motifs is 1. The molecule has 0 aliphatic heterocycles. The molecule has 0 saturated heterocycles. The van der Waals surface area contributed by atoms with Crippen LogP contribution in [0.2, 0.25) is 0 Å². The fourth-order valence-electron chi connectivity index (χ4n) is 5.37. The number of aromatic nitrogens is 2. The van der Waals surface area contributed by atoms with Gasteiger partial charge in [0, 0.05) is 18.3 Å². The lowest BCUT2D eigenvalue weighted by Gasteiger charge is -2.33. The number of carbonyl (C=O) groups excluding carboxylic acids is 2. The van der Waals surface area contributed by atoms with Gasteiger partial charge in [0.05, 0.1) is 17.4 Å². The molecule has 6 nitrogen and oxygen atoms in total. The Morgan fingerprint density at radius 1 is 1.09 bits per heavy atom. The highest BCUT2D eigenvalue weighted by molar-refractivity contribution is 6.02. The molecule has 1 fully saturated rings. The first kappa shape index (κ1) is 24.5. The van der Waals surface area contributed by atoms with E-state index in [2.05, 4.69) is 11.2 Å². The first-order valence-corrected chi connectivity index (χ1v) is 12.5. The Morgan fingerprint density at radius 2 is 1.77 bits per heavy atom. The van der Waals surface area contributed by atoms with E-state index >= 15 is 0 Å². The quantitative estimate of drug-likeness (QED) is 0.410. The normalized spacial score (nSPS) is 15.0. The fraction of sp³-hybridized carbons (Fsp3) is 0.414. The lowest BCUT2D eigenvalue weighted by Crippen LogP contribution is -2.49. The van der Waals surface area contributed by atoms with Gasteiger partial charge in [0.1, 0.15) is 11.2 Å². The molecule has 182 valence electrons. The number of aryl methyl sites for hydroxylation is 3. The lowest BCUT2D eigenvalue weighted by molar-refractivity contribution is 0.0894. The van der Waals surface area contributed by atoms with E-state index in [1.165, 1.54) is 0 Å². The molecule has 6 heteroatoms. The topological polar surface area (TPSA) is 73.1 Å². The zero-order chi connectivity index (χ0) is 25.2. The molecule has 1 aromatic carbocycles. The van der Waals surface area contributed by atoms with Crippen LogP contribution in [0, 0.1) is 12.3 Å². The molecule has 2 heterocycles. The summed E-state index contributed by atoms with van der Waals surface area (Å²) in [6, 6.07) is 10.9. The number of hydrogen-bond donors (Lipinski definition) is 1. The molecule has 1 amide bonds. The van der Waals surface area contributed by atoms with Crippen molar-refractivity contribution in [2.45, 2.75) is 70.9 Å². The standard InChI is InChI=1S/C29H33N3O3/c1-5-21-18-23-25(28(35)32(21)19-24(33)20-14-10-8-11-15-20)22(6-2)26(31(23)4)27(34)30-29(7-3)16-12-9-13-17-29/h3,8,10-11,14-15,18H,5-6,9,12-13,16-17,19H2,1-2,4H3,(H,30,34). The Bertz CT molecular complexity index is 1370. The van der Waals surface area contributed by atoms with Crippen molar-refractivity contribution in [3.8, 4) is 12.3 Å². The van der Waals surface area contributed by atoms with Crippen LogP contribution in [0.25, 0.3) is 10.9 Å². The number of hydrogen-bond acceptors (Lipinski definition) is 3. The molecule has 0 atom stereocenters. The molecule has 1 N–H and O–H groups in total. The van der Waals surface area contributed by atoms with E-state index in [0.29, 0.717) is 40.6 Å². The summed E-state index contributed by atoms with van der Waals surface area (Å²) in [5.74, 6) is 2.47. The number of nitrogens with one attached hydrogen (secondary N) is 1. The van der Waals surface area contributed by atoms with E-state index in [0.717, 1.165) is 37.8 Å². The van der Waals surface area contributed by atoms with Crippen molar-refractivity contribution >= 4 is 22.6 Å². The predicted octanol–water partition coefficient (Wildman–Crippen LogP) is 4.41. The Morgan fingerprint density at radius 3 is 2.37 bits per heavy atom. The van der Waals surface area contributed by atoms with E-state index in [9.17, 15) is 14.4 Å². The number of carbonyl (C=O) groups is 2. The maximum Gasteiger partial charge on any atom is 0.269 e. The van der Waals surface area contributed by atoms with E-state index in [1.54, 1.807) is 21.3 Å². The summed E-state index contributed by atoms with van der Waals surface area (Å²) in [6.07, 6.45) is 11.6. The minimum atomic E-state index is -0.645. The van der Waals surface area contributed by atoms with Crippen LogP contribution in [0.15, 0.2) is 41.2 Å². The highest BCUT2D eigenvalue weighted by Crippen LogP contribution is 2.30. The van der Waals surface area contributed by atoms with Gasteiger partial charge in [-0.25, -0.2) is 0 Å². The van der Waals surface area contributed by atoms with Crippen molar-refractivity contribution in [1.82, 2.24) is 14.5 Å². The van der Waals surface area contributed by atoms with Crippen LogP contribution < -0.4 is 10.9 Å². The van der Waals surface area contributed by atoms with Crippen molar-refractivity contribution in [2.24, 2.45) is 7.05 Å². The van der Waals surface area contributed by atoms with Gasteiger partial charge in [0.15, 0.2) is 5.78 Å². The third kappa shape index (κ3) is 4.43. The minimum Gasteiger partial charge on any atom is -0.339 e. The predicted molar refractivity (Wildman–Crippen MR) is 139 cm³/mol. The van der Waals surface area contributed by atoms with Gasteiger partial charge in [0.25, 0.3) is 11.5 Å². The van der Waals surface area contributed by atoms with Gasteiger partial charge in [-0.3, -0.25) is 14.4 Å². The SMILES string of the molecule is C#CC1(NC(=O)c2c(CC)c3c(=O)n(CC(=O)c4ccccc4)c(CC)cc3n2C)CCCCC1. The first-order valence-electron chi connectivity index (χ1n) is 12.5. The maximum absolute atomic E-state index is 13.8. The van der Waals surface area contributed by atoms with E-state index < -0.39 is 5.54 Å². The Labute approximate surface area is 206 Å². The third-order valence-corrected chi connectivity index (χ3v) is 7.31. The summed E-state index contributed by atoms with van der Waals surface area (Å²) < 4.78 is 3.36. The number of nitrogens with zero attached hydrogens (tertiary/aromatic N) is 2. The molecule has 0 radical (unpaired) electrons. The molecule has 1 aliphatic rings. The minimum absolute atomic E-state index is 0.0399. The van der Waals surface area contributed by atoms with Crippen molar-refractivity contribution < 1.29 is 9.59 Å². The van der Waals surface area contributed by atoms with Gasteiger partial charge < -0.3 is 14.5 Å². The van der Waals surface area contributed by atoms with Gasteiger partial charge in [0.2, 0.25) is 0 Å². The van der Waals surface area contributed by atoms with Gasteiger partial charge in [-0.1, -0.05) is 69.4 Å². The molecule has 0 bridgehead atoms. The van der Waals surface area contributed by atoms with Crippen molar-refractivity contribution in [2.75, 3.05) is 0 Å². The summed E-state index contributed by atoms with van der Waals surface area (Å²) in [6.45, 7) is 3.86. The zero-order valence-electron chi connectivity index (χ0n) is 20.8. The number of rotatable bonds is 7. The number of benzene rings is 1. The van der Waals surface area contributed by atoms with E-state index in [1.807, 2.05) is 45.2 Å². The summed E-state index contributed by atoms with van der Waals surface area (Å²) in [5.41, 5.74) is 2.31. The summed E-state index contributed by atoms with van der Waals surface area (Å²) in [5, 5.41) is 3.63. The van der Waals surface area contributed by atoms with E-state index in [-0.39, 0.29) is 23.8 Å². The zero-order valence-corrected chi connectivity index (χ0v) is 20.8. The van der Waals surface area contributed by atoms with Crippen LogP contribution in [-0.4, -0.2) is 26.4 Å². The number of Topliss-reactive ketones (excluding diaryl/α,β-unsaturated/α-hetero) is 1. The summed E-state index contributed by atoms with van der Waals surface area (Å²) in [4.78, 5) is 40.3. The smallest absolute Gasteiger partial charge is 0.269 e. The Balaban J connectivity index is 1.81. The van der Waals surface area contributed by atoms with Crippen LogP contribution in [0.3, 0.4) is 0 Å². The van der Waals surface area contributed by atoms with Crippen LogP contribution in [-0.2, 0) is 26.4 Å². The second kappa shape index (κ2) is 9.95. The number of ketones is 1. The van der Waals surface area contributed by atoms with Crippen LogP contribution in [0.4, 0.5) is 0 Å². The Kier molecular flexibility index (Phi) is 6.98. The molecule has 35 heavy (non-hydrogen) atoms. The number of pyridine rings is 1. The molecule has 1 saturated carbocycles. The van der Waals surface area contributed by atoms with Crippen molar-refractivity contribution in [3.05, 3.63) is 69.3 Å².